The predicted octanol–water partition coefficient (Wildman–Crippen LogP) is 2.51. The molecule has 9 nitrogen and oxygen atoms in total. The Labute approximate surface area is 184 Å². The maximum absolute atomic E-state index is 12.5. The number of para-hydroxylation sites is 3. The van der Waals surface area contributed by atoms with Gasteiger partial charge in [0.15, 0.2) is 11.8 Å². The van der Waals surface area contributed by atoms with E-state index in [2.05, 4.69) is 10.4 Å². The summed E-state index contributed by atoms with van der Waals surface area (Å²) in [5.41, 5.74) is -0.0329. The lowest BCUT2D eigenvalue weighted by Crippen LogP contribution is -2.32. The number of rotatable bonds is 9. The van der Waals surface area contributed by atoms with Crippen LogP contribution in [0.1, 0.15) is 17.4 Å². The molecule has 3 aromatic rings. The van der Waals surface area contributed by atoms with Crippen molar-refractivity contribution in [2.24, 2.45) is 0 Å². The molecule has 0 aliphatic rings. The second-order valence-corrected chi connectivity index (χ2v) is 6.68. The SMILES string of the molecule is COc1ccccc1NC(=O)C(C)OC(=O)c1ccc(=O)n(CCOc2ccccc2)n1. The first-order valence-corrected chi connectivity index (χ1v) is 9.89. The second kappa shape index (κ2) is 10.8. The zero-order chi connectivity index (χ0) is 22.9. The molecule has 9 heteroatoms. The Bertz CT molecular complexity index is 1130. The van der Waals surface area contributed by atoms with Gasteiger partial charge in [-0.3, -0.25) is 9.59 Å². The van der Waals surface area contributed by atoms with E-state index in [4.69, 9.17) is 14.2 Å². The number of hydrogen-bond acceptors (Lipinski definition) is 7. The third-order valence-corrected chi connectivity index (χ3v) is 4.41. The minimum Gasteiger partial charge on any atom is -0.495 e. The average Bonchev–Trinajstić information content (AvgIpc) is 2.81. The van der Waals surface area contributed by atoms with Crippen molar-refractivity contribution in [1.29, 1.82) is 0 Å². The molecule has 0 aliphatic carbocycles. The van der Waals surface area contributed by atoms with E-state index in [0.717, 1.165) is 4.68 Å². The maximum Gasteiger partial charge on any atom is 0.359 e. The van der Waals surface area contributed by atoms with Crippen molar-refractivity contribution < 1.29 is 23.8 Å². The summed E-state index contributed by atoms with van der Waals surface area (Å²) >= 11 is 0. The van der Waals surface area contributed by atoms with E-state index in [0.29, 0.717) is 17.2 Å². The van der Waals surface area contributed by atoms with Crippen molar-refractivity contribution in [2.75, 3.05) is 19.0 Å². The zero-order valence-corrected chi connectivity index (χ0v) is 17.7. The van der Waals surface area contributed by atoms with Crippen molar-refractivity contribution in [1.82, 2.24) is 9.78 Å². The molecule has 0 radical (unpaired) electrons. The van der Waals surface area contributed by atoms with Crippen molar-refractivity contribution in [3.8, 4) is 11.5 Å². The Hall–Kier alpha value is -4.14. The van der Waals surface area contributed by atoms with E-state index in [9.17, 15) is 14.4 Å². The lowest BCUT2D eigenvalue weighted by atomic mass is 10.2. The molecular weight excluding hydrogens is 414 g/mol. The van der Waals surface area contributed by atoms with E-state index >= 15 is 0 Å². The van der Waals surface area contributed by atoms with E-state index in [1.54, 1.807) is 36.4 Å². The summed E-state index contributed by atoms with van der Waals surface area (Å²) < 4.78 is 17.1. The van der Waals surface area contributed by atoms with Gasteiger partial charge < -0.3 is 19.5 Å². The van der Waals surface area contributed by atoms with Crippen molar-refractivity contribution in [3.63, 3.8) is 0 Å². The van der Waals surface area contributed by atoms with Crippen LogP contribution in [-0.2, 0) is 16.1 Å². The normalized spacial score (nSPS) is 11.3. The van der Waals surface area contributed by atoms with Crippen molar-refractivity contribution >= 4 is 17.6 Å². The molecule has 0 fully saturated rings. The van der Waals surface area contributed by atoms with Gasteiger partial charge in [-0.1, -0.05) is 30.3 Å². The predicted molar refractivity (Wildman–Crippen MR) is 117 cm³/mol. The number of hydrogen-bond donors (Lipinski definition) is 1. The standard InChI is InChI=1S/C23H23N3O6/c1-16(22(28)24-18-10-6-7-11-20(18)30-2)32-23(29)19-12-13-21(27)26(25-19)14-15-31-17-8-4-3-5-9-17/h3-13,16H,14-15H2,1-2H3,(H,24,28). The number of carbonyl (C=O) groups is 2. The van der Waals surface area contributed by atoms with E-state index in [-0.39, 0.29) is 24.4 Å². The van der Waals surface area contributed by atoms with Gasteiger partial charge in [0.05, 0.1) is 19.3 Å². The van der Waals surface area contributed by atoms with Crippen LogP contribution in [0.4, 0.5) is 5.69 Å². The zero-order valence-electron chi connectivity index (χ0n) is 17.7. The highest BCUT2D eigenvalue weighted by Gasteiger charge is 2.21. The molecule has 0 bridgehead atoms. The number of methoxy groups -OCH3 is 1. The smallest absolute Gasteiger partial charge is 0.359 e. The van der Waals surface area contributed by atoms with Crippen LogP contribution in [0, 0.1) is 0 Å². The number of benzene rings is 2. The van der Waals surface area contributed by atoms with E-state index in [1.807, 2.05) is 18.2 Å². The number of nitrogens with one attached hydrogen (secondary N) is 1. The molecule has 166 valence electrons. The van der Waals surface area contributed by atoms with Crippen LogP contribution in [0.2, 0.25) is 0 Å². The maximum atomic E-state index is 12.5. The average molecular weight is 437 g/mol. The quantitative estimate of drug-likeness (QED) is 0.512. The second-order valence-electron chi connectivity index (χ2n) is 6.68. The van der Waals surface area contributed by atoms with Gasteiger partial charge in [0.1, 0.15) is 18.1 Å². The molecule has 1 atom stereocenters. The van der Waals surface area contributed by atoms with Gasteiger partial charge in [0.25, 0.3) is 11.5 Å². The van der Waals surface area contributed by atoms with Crippen molar-refractivity contribution in [3.05, 3.63) is 82.8 Å². The van der Waals surface area contributed by atoms with Gasteiger partial charge in [0, 0.05) is 6.07 Å². The summed E-state index contributed by atoms with van der Waals surface area (Å²) in [5, 5.41) is 6.67. The minimum atomic E-state index is -1.10. The molecule has 0 saturated carbocycles. The Morgan fingerprint density at radius 1 is 1.03 bits per heavy atom. The van der Waals surface area contributed by atoms with Crippen LogP contribution in [0.15, 0.2) is 71.5 Å². The first-order chi connectivity index (χ1) is 15.5. The molecule has 0 saturated heterocycles. The third-order valence-electron chi connectivity index (χ3n) is 4.41. The third kappa shape index (κ3) is 5.94. The fourth-order valence-corrected chi connectivity index (χ4v) is 2.74. The molecule has 0 spiro atoms. The molecule has 3 rings (SSSR count). The Balaban J connectivity index is 1.59. The van der Waals surface area contributed by atoms with Crippen LogP contribution >= 0.6 is 0 Å². The van der Waals surface area contributed by atoms with Gasteiger partial charge in [-0.25, -0.2) is 9.48 Å². The van der Waals surface area contributed by atoms with E-state index in [1.165, 1.54) is 26.2 Å². The molecular formula is C23H23N3O6. The summed E-state index contributed by atoms with van der Waals surface area (Å²) in [5.74, 6) is -0.227. The number of amides is 1. The minimum absolute atomic E-state index is 0.0961. The molecule has 32 heavy (non-hydrogen) atoms. The molecule has 1 N–H and O–H groups in total. The van der Waals surface area contributed by atoms with Gasteiger partial charge in [-0.05, 0) is 37.3 Å². The number of nitrogens with zero attached hydrogens (tertiary/aromatic N) is 2. The van der Waals surface area contributed by atoms with Gasteiger partial charge in [-0.2, -0.15) is 5.10 Å². The Morgan fingerprint density at radius 2 is 1.75 bits per heavy atom. The van der Waals surface area contributed by atoms with Gasteiger partial charge in [0.2, 0.25) is 0 Å². The summed E-state index contributed by atoms with van der Waals surface area (Å²) in [7, 11) is 1.49. The van der Waals surface area contributed by atoms with Crippen LogP contribution in [0.25, 0.3) is 0 Å². The lowest BCUT2D eigenvalue weighted by Gasteiger charge is -2.15. The number of aromatic nitrogens is 2. The number of esters is 1. The molecule has 1 amide bonds. The highest BCUT2D eigenvalue weighted by molar-refractivity contribution is 5.97. The Kier molecular flexibility index (Phi) is 7.58. The molecule has 0 aliphatic heterocycles. The van der Waals surface area contributed by atoms with Gasteiger partial charge >= 0.3 is 5.97 Å². The van der Waals surface area contributed by atoms with E-state index < -0.39 is 18.0 Å². The van der Waals surface area contributed by atoms with Crippen LogP contribution in [0.5, 0.6) is 11.5 Å². The largest absolute Gasteiger partial charge is 0.495 e. The van der Waals surface area contributed by atoms with Crippen molar-refractivity contribution in [2.45, 2.75) is 19.6 Å². The van der Waals surface area contributed by atoms with Crippen LogP contribution in [0.3, 0.4) is 0 Å². The molecule has 1 unspecified atom stereocenters. The first-order valence-electron chi connectivity index (χ1n) is 9.89. The highest BCUT2D eigenvalue weighted by Crippen LogP contribution is 2.23. The van der Waals surface area contributed by atoms with Crippen LogP contribution in [-0.4, -0.2) is 41.5 Å². The summed E-state index contributed by atoms with van der Waals surface area (Å²) in [4.78, 5) is 36.9. The Morgan fingerprint density at radius 3 is 2.50 bits per heavy atom. The number of carbonyl (C=O) groups excluding carboxylic acids is 2. The van der Waals surface area contributed by atoms with Crippen LogP contribution < -0.4 is 20.3 Å². The first kappa shape index (κ1) is 22.5. The number of ether oxygens (including phenoxy) is 3. The fraction of sp³-hybridized carbons (Fsp3) is 0.217. The summed E-state index contributed by atoms with van der Waals surface area (Å²) in [6, 6.07) is 18.5. The summed E-state index contributed by atoms with van der Waals surface area (Å²) in [6.07, 6.45) is -1.10. The summed E-state index contributed by atoms with van der Waals surface area (Å²) in [6.45, 7) is 1.76. The fourth-order valence-electron chi connectivity index (χ4n) is 2.74. The highest BCUT2D eigenvalue weighted by atomic mass is 16.5. The number of anilines is 1. The van der Waals surface area contributed by atoms with Gasteiger partial charge in [-0.15, -0.1) is 0 Å². The molecule has 1 heterocycles. The topological polar surface area (TPSA) is 109 Å². The monoisotopic (exact) mass is 437 g/mol. The lowest BCUT2D eigenvalue weighted by molar-refractivity contribution is -0.123. The molecule has 1 aromatic heterocycles. The molecule has 2 aromatic carbocycles.